The van der Waals surface area contributed by atoms with E-state index in [-0.39, 0.29) is 6.54 Å². The molecule has 6 nitrogen and oxygen atoms in total. The molecule has 0 saturated heterocycles. The zero-order valence-electron chi connectivity index (χ0n) is 8.96. The van der Waals surface area contributed by atoms with E-state index in [1.807, 2.05) is 25.1 Å². The number of benzene rings is 1. The van der Waals surface area contributed by atoms with Crippen LogP contribution in [0.2, 0.25) is 0 Å². The smallest absolute Gasteiger partial charge is 0.325 e. The number of nitrogens with zero attached hydrogens (tertiary/aromatic N) is 4. The third-order valence-electron chi connectivity index (χ3n) is 2.25. The Bertz CT molecular complexity index is 567. The van der Waals surface area contributed by atoms with Gasteiger partial charge in [-0.3, -0.25) is 4.79 Å². The van der Waals surface area contributed by atoms with Gasteiger partial charge in [-0.05, 0) is 45.5 Å². The highest BCUT2D eigenvalue weighted by Gasteiger charge is 2.14. The van der Waals surface area contributed by atoms with Crippen LogP contribution in [-0.2, 0) is 11.3 Å². The molecule has 0 unspecified atom stereocenters. The van der Waals surface area contributed by atoms with Crippen LogP contribution in [0.5, 0.6) is 0 Å². The summed E-state index contributed by atoms with van der Waals surface area (Å²) < 4.78 is 2.30. The molecule has 88 valence electrons. The number of carbonyl (C=O) groups is 1. The lowest BCUT2D eigenvalue weighted by atomic mass is 10.1. The Labute approximate surface area is 111 Å². The number of aromatic nitrogens is 4. The standard InChI is InChI=1S/C10H9IN4O2/c1-6-3-2-4-7(9(6)11)10-12-13-14-15(10)5-8(16)17/h2-4H,5H2,1H3,(H,16,17). The molecule has 2 rings (SSSR count). The first-order chi connectivity index (χ1) is 8.09. The minimum Gasteiger partial charge on any atom is -0.480 e. The van der Waals surface area contributed by atoms with Crippen molar-refractivity contribution in [1.82, 2.24) is 20.2 Å². The summed E-state index contributed by atoms with van der Waals surface area (Å²) in [6, 6.07) is 5.75. The van der Waals surface area contributed by atoms with E-state index in [9.17, 15) is 4.79 Å². The van der Waals surface area contributed by atoms with Crippen LogP contribution in [0.4, 0.5) is 0 Å². The Balaban J connectivity index is 2.50. The van der Waals surface area contributed by atoms with Crippen molar-refractivity contribution in [3.05, 3.63) is 27.3 Å². The number of rotatable bonds is 3. The molecule has 0 radical (unpaired) electrons. The first-order valence-corrected chi connectivity index (χ1v) is 5.91. The molecule has 0 amide bonds. The van der Waals surface area contributed by atoms with Gasteiger partial charge in [0, 0.05) is 9.13 Å². The van der Waals surface area contributed by atoms with E-state index in [2.05, 4.69) is 38.1 Å². The normalized spacial score (nSPS) is 10.5. The number of carboxylic acid groups (broad SMARTS) is 1. The van der Waals surface area contributed by atoms with E-state index in [0.29, 0.717) is 5.82 Å². The molecule has 1 aromatic carbocycles. The van der Waals surface area contributed by atoms with Crippen molar-refractivity contribution < 1.29 is 9.90 Å². The van der Waals surface area contributed by atoms with Crippen LogP contribution < -0.4 is 0 Å². The molecule has 0 aliphatic rings. The zero-order valence-corrected chi connectivity index (χ0v) is 11.1. The maximum Gasteiger partial charge on any atom is 0.325 e. The van der Waals surface area contributed by atoms with Crippen LogP contribution >= 0.6 is 22.6 Å². The summed E-state index contributed by atoms with van der Waals surface area (Å²) in [7, 11) is 0. The quantitative estimate of drug-likeness (QED) is 0.850. The Morgan fingerprint density at radius 2 is 2.29 bits per heavy atom. The Morgan fingerprint density at radius 1 is 1.53 bits per heavy atom. The van der Waals surface area contributed by atoms with Crippen LogP contribution in [-0.4, -0.2) is 31.3 Å². The summed E-state index contributed by atoms with van der Waals surface area (Å²) in [6.45, 7) is 1.74. The van der Waals surface area contributed by atoms with Gasteiger partial charge in [-0.15, -0.1) is 5.10 Å². The molecule has 2 aromatic rings. The highest BCUT2D eigenvalue weighted by atomic mass is 127. The zero-order chi connectivity index (χ0) is 12.4. The van der Waals surface area contributed by atoms with Gasteiger partial charge < -0.3 is 5.11 Å². The van der Waals surface area contributed by atoms with Gasteiger partial charge in [0.05, 0.1) is 0 Å². The first kappa shape index (κ1) is 12.0. The average molecular weight is 344 g/mol. The molecule has 1 heterocycles. The van der Waals surface area contributed by atoms with Gasteiger partial charge in [0.15, 0.2) is 5.82 Å². The molecule has 0 bridgehead atoms. The fraction of sp³-hybridized carbons (Fsp3) is 0.200. The van der Waals surface area contributed by atoms with Gasteiger partial charge in [0.1, 0.15) is 6.54 Å². The van der Waals surface area contributed by atoms with Crippen LogP contribution in [0.15, 0.2) is 18.2 Å². The third-order valence-corrected chi connectivity index (χ3v) is 3.68. The molecule has 0 atom stereocenters. The van der Waals surface area contributed by atoms with Gasteiger partial charge in [0.2, 0.25) is 0 Å². The fourth-order valence-electron chi connectivity index (χ4n) is 1.45. The number of carboxylic acids is 1. The van der Waals surface area contributed by atoms with Crippen molar-refractivity contribution in [2.24, 2.45) is 0 Å². The molecule has 1 N–H and O–H groups in total. The molecular weight excluding hydrogens is 335 g/mol. The van der Waals surface area contributed by atoms with Crippen LogP contribution in [0, 0.1) is 10.5 Å². The number of hydrogen-bond acceptors (Lipinski definition) is 4. The second kappa shape index (κ2) is 4.78. The molecule has 0 fully saturated rings. The highest BCUT2D eigenvalue weighted by molar-refractivity contribution is 14.1. The van der Waals surface area contributed by atoms with Crippen LogP contribution in [0.1, 0.15) is 5.56 Å². The van der Waals surface area contributed by atoms with Crippen molar-refractivity contribution in [2.75, 3.05) is 0 Å². The molecule has 17 heavy (non-hydrogen) atoms. The lowest BCUT2D eigenvalue weighted by molar-refractivity contribution is -0.137. The van der Waals surface area contributed by atoms with E-state index in [1.54, 1.807) is 0 Å². The number of aliphatic carboxylic acids is 1. The topological polar surface area (TPSA) is 80.9 Å². The second-order valence-electron chi connectivity index (χ2n) is 3.49. The summed E-state index contributed by atoms with van der Waals surface area (Å²) in [6.07, 6.45) is 0. The predicted molar refractivity (Wildman–Crippen MR) is 68.3 cm³/mol. The van der Waals surface area contributed by atoms with Crippen molar-refractivity contribution in [1.29, 1.82) is 0 Å². The molecule has 1 aromatic heterocycles. The van der Waals surface area contributed by atoms with Gasteiger partial charge in [-0.2, -0.15) is 0 Å². The van der Waals surface area contributed by atoms with Crippen LogP contribution in [0.25, 0.3) is 11.4 Å². The second-order valence-corrected chi connectivity index (χ2v) is 4.57. The van der Waals surface area contributed by atoms with Gasteiger partial charge in [-0.25, -0.2) is 4.68 Å². The van der Waals surface area contributed by atoms with Crippen molar-refractivity contribution in [3.8, 4) is 11.4 Å². The Kier molecular flexibility index (Phi) is 3.36. The van der Waals surface area contributed by atoms with Crippen molar-refractivity contribution in [2.45, 2.75) is 13.5 Å². The summed E-state index contributed by atoms with van der Waals surface area (Å²) >= 11 is 2.20. The van der Waals surface area contributed by atoms with Crippen LogP contribution in [0.3, 0.4) is 0 Å². The number of halogens is 1. The van der Waals surface area contributed by atoms with Crippen molar-refractivity contribution in [3.63, 3.8) is 0 Å². The van der Waals surface area contributed by atoms with E-state index >= 15 is 0 Å². The summed E-state index contributed by atoms with van der Waals surface area (Å²) in [5, 5.41) is 19.8. The largest absolute Gasteiger partial charge is 0.480 e. The van der Waals surface area contributed by atoms with E-state index in [1.165, 1.54) is 4.68 Å². The minimum atomic E-state index is -0.971. The molecular formula is C10H9IN4O2. The lowest BCUT2D eigenvalue weighted by Gasteiger charge is -2.06. The molecule has 0 aliphatic heterocycles. The summed E-state index contributed by atoms with van der Waals surface area (Å²) in [5.41, 5.74) is 1.95. The SMILES string of the molecule is Cc1cccc(-c2nnnn2CC(=O)O)c1I. The number of tetrazole rings is 1. The first-order valence-electron chi connectivity index (χ1n) is 4.83. The highest BCUT2D eigenvalue weighted by Crippen LogP contribution is 2.25. The number of hydrogen-bond donors (Lipinski definition) is 1. The van der Waals surface area contributed by atoms with Gasteiger partial charge in [0.25, 0.3) is 0 Å². The maximum atomic E-state index is 10.7. The Morgan fingerprint density at radius 3 is 3.00 bits per heavy atom. The summed E-state index contributed by atoms with van der Waals surface area (Å²) in [4.78, 5) is 10.7. The van der Waals surface area contributed by atoms with Gasteiger partial charge >= 0.3 is 5.97 Å². The fourth-order valence-corrected chi connectivity index (χ4v) is 2.05. The monoisotopic (exact) mass is 344 g/mol. The molecule has 0 spiro atoms. The average Bonchev–Trinajstić information content (AvgIpc) is 2.69. The van der Waals surface area contributed by atoms with E-state index < -0.39 is 5.97 Å². The summed E-state index contributed by atoms with van der Waals surface area (Å²) in [5.74, 6) is -0.498. The number of aryl methyl sites for hydroxylation is 1. The van der Waals surface area contributed by atoms with Crippen molar-refractivity contribution >= 4 is 28.6 Å². The maximum absolute atomic E-state index is 10.7. The molecule has 0 aliphatic carbocycles. The van der Waals surface area contributed by atoms with E-state index in [4.69, 9.17) is 5.11 Å². The Hall–Kier alpha value is -1.51. The minimum absolute atomic E-state index is 0.244. The predicted octanol–water partition coefficient (Wildman–Crippen LogP) is 1.34. The molecule has 0 saturated carbocycles. The van der Waals surface area contributed by atoms with E-state index in [0.717, 1.165) is 14.7 Å². The lowest BCUT2D eigenvalue weighted by Crippen LogP contribution is -2.12. The molecule has 7 heteroatoms. The van der Waals surface area contributed by atoms with Gasteiger partial charge in [-0.1, -0.05) is 18.2 Å². The third kappa shape index (κ3) is 2.43.